The van der Waals surface area contributed by atoms with Gasteiger partial charge in [0.1, 0.15) is 5.01 Å². The topological polar surface area (TPSA) is 42.1 Å². The molecule has 3 nitrogen and oxygen atoms in total. The Morgan fingerprint density at radius 3 is 2.83 bits per heavy atom. The molecule has 2 heterocycles. The smallest absolute Gasteiger partial charge is 0.107 e. The van der Waals surface area contributed by atoms with Gasteiger partial charge in [-0.05, 0) is 45.2 Å². The van der Waals surface area contributed by atoms with Gasteiger partial charge in [0.2, 0.25) is 0 Å². The van der Waals surface area contributed by atoms with Gasteiger partial charge in [0.15, 0.2) is 0 Å². The monoisotopic (exact) mass is 267 g/mol. The molecule has 4 heteroatoms. The van der Waals surface area contributed by atoms with Crippen LogP contribution < -0.4 is 5.73 Å². The Balaban J connectivity index is 1.80. The van der Waals surface area contributed by atoms with Crippen LogP contribution in [0.4, 0.5) is 0 Å². The van der Waals surface area contributed by atoms with Crippen molar-refractivity contribution in [2.45, 2.75) is 52.1 Å². The molecule has 102 valence electrons. The Hall–Kier alpha value is -0.450. The predicted octanol–water partition coefficient (Wildman–Crippen LogP) is 2.65. The number of nitrogens with zero attached hydrogens (tertiary/aromatic N) is 2. The number of aryl methyl sites for hydroxylation is 1. The number of aromatic nitrogens is 1. The Labute approximate surface area is 114 Å². The van der Waals surface area contributed by atoms with Crippen molar-refractivity contribution >= 4 is 11.3 Å². The van der Waals surface area contributed by atoms with E-state index in [1.54, 1.807) is 0 Å². The molecule has 1 saturated heterocycles. The molecule has 1 fully saturated rings. The molecule has 0 spiro atoms. The summed E-state index contributed by atoms with van der Waals surface area (Å²) < 4.78 is 0. The highest BCUT2D eigenvalue weighted by molar-refractivity contribution is 7.09. The minimum absolute atomic E-state index is 0.350. The third-order valence-electron chi connectivity index (χ3n) is 3.84. The van der Waals surface area contributed by atoms with Gasteiger partial charge in [-0.2, -0.15) is 0 Å². The summed E-state index contributed by atoms with van der Waals surface area (Å²) in [4.78, 5) is 7.22. The lowest BCUT2D eigenvalue weighted by Gasteiger charge is -2.33. The van der Waals surface area contributed by atoms with Crippen LogP contribution in [0.1, 0.15) is 43.8 Å². The van der Waals surface area contributed by atoms with Crippen LogP contribution in [-0.2, 0) is 13.0 Å². The van der Waals surface area contributed by atoms with Gasteiger partial charge < -0.3 is 5.73 Å². The van der Waals surface area contributed by atoms with Crippen molar-refractivity contribution in [1.82, 2.24) is 9.88 Å². The number of hydrogen-bond acceptors (Lipinski definition) is 4. The molecule has 1 unspecified atom stereocenters. The largest absolute Gasteiger partial charge is 0.328 e. The molecule has 0 bridgehead atoms. The first kappa shape index (κ1) is 14.0. The lowest BCUT2D eigenvalue weighted by Crippen LogP contribution is -2.39. The molecular formula is C14H25N3S. The second-order valence-corrected chi connectivity index (χ2v) is 6.40. The summed E-state index contributed by atoms with van der Waals surface area (Å²) in [5.74, 6) is 0.716. The number of thiazole rings is 1. The summed E-state index contributed by atoms with van der Waals surface area (Å²) in [7, 11) is 0. The van der Waals surface area contributed by atoms with Gasteiger partial charge in [-0.25, -0.2) is 4.98 Å². The average Bonchev–Trinajstić information content (AvgIpc) is 2.78. The Kier molecular flexibility index (Phi) is 5.15. The maximum Gasteiger partial charge on any atom is 0.107 e. The van der Waals surface area contributed by atoms with E-state index in [-0.39, 0.29) is 0 Å². The van der Waals surface area contributed by atoms with Crippen molar-refractivity contribution in [1.29, 1.82) is 0 Å². The summed E-state index contributed by atoms with van der Waals surface area (Å²) in [5.41, 5.74) is 7.24. The SMILES string of the molecule is CCCc1csc(CN2CCC(C(C)N)CC2)n1. The molecule has 0 saturated carbocycles. The van der Waals surface area contributed by atoms with Crippen molar-refractivity contribution < 1.29 is 0 Å². The van der Waals surface area contributed by atoms with Crippen LogP contribution in [0.5, 0.6) is 0 Å². The molecule has 2 N–H and O–H groups in total. The lowest BCUT2D eigenvalue weighted by molar-refractivity contribution is 0.165. The van der Waals surface area contributed by atoms with Crippen LogP contribution >= 0.6 is 11.3 Å². The van der Waals surface area contributed by atoms with Crippen LogP contribution in [0.3, 0.4) is 0 Å². The Bertz CT molecular complexity index is 354. The number of piperidine rings is 1. The Morgan fingerprint density at radius 1 is 1.50 bits per heavy atom. The molecule has 1 atom stereocenters. The van der Waals surface area contributed by atoms with Crippen LogP contribution in [0.15, 0.2) is 5.38 Å². The van der Waals surface area contributed by atoms with Gasteiger partial charge >= 0.3 is 0 Å². The first-order valence-corrected chi connectivity index (χ1v) is 7.98. The summed E-state index contributed by atoms with van der Waals surface area (Å²) in [6.45, 7) is 7.72. The minimum Gasteiger partial charge on any atom is -0.328 e. The minimum atomic E-state index is 0.350. The second-order valence-electron chi connectivity index (χ2n) is 5.46. The van der Waals surface area contributed by atoms with Gasteiger partial charge in [0.05, 0.1) is 12.2 Å². The second kappa shape index (κ2) is 6.64. The highest BCUT2D eigenvalue weighted by atomic mass is 32.1. The van der Waals surface area contributed by atoms with Gasteiger partial charge in [0, 0.05) is 11.4 Å². The standard InChI is InChI=1S/C14H25N3S/c1-3-4-13-10-18-14(16-13)9-17-7-5-12(6-8-17)11(2)15/h10-12H,3-9,15H2,1-2H3. The Morgan fingerprint density at radius 2 is 2.22 bits per heavy atom. The number of hydrogen-bond donors (Lipinski definition) is 1. The summed E-state index contributed by atoms with van der Waals surface area (Å²) in [6, 6.07) is 0.350. The number of likely N-dealkylation sites (tertiary alicyclic amines) is 1. The van der Waals surface area contributed by atoms with Gasteiger partial charge in [0.25, 0.3) is 0 Å². The maximum absolute atomic E-state index is 5.97. The third kappa shape index (κ3) is 3.77. The zero-order valence-electron chi connectivity index (χ0n) is 11.6. The zero-order valence-corrected chi connectivity index (χ0v) is 12.4. The van der Waals surface area contributed by atoms with E-state index in [2.05, 4.69) is 24.1 Å². The molecule has 1 aliphatic rings. The highest BCUT2D eigenvalue weighted by Crippen LogP contribution is 2.22. The maximum atomic E-state index is 5.97. The van der Waals surface area contributed by atoms with Crippen molar-refractivity contribution in [2.75, 3.05) is 13.1 Å². The summed E-state index contributed by atoms with van der Waals surface area (Å²) in [5, 5.41) is 3.49. The summed E-state index contributed by atoms with van der Waals surface area (Å²) in [6.07, 6.45) is 4.78. The molecule has 1 aliphatic heterocycles. The molecular weight excluding hydrogens is 242 g/mol. The summed E-state index contributed by atoms with van der Waals surface area (Å²) >= 11 is 1.81. The fourth-order valence-electron chi connectivity index (χ4n) is 2.62. The zero-order chi connectivity index (χ0) is 13.0. The fraction of sp³-hybridized carbons (Fsp3) is 0.786. The van der Waals surface area contributed by atoms with Crippen molar-refractivity contribution in [3.63, 3.8) is 0 Å². The number of nitrogens with two attached hydrogens (primary N) is 1. The van der Waals surface area contributed by atoms with E-state index in [9.17, 15) is 0 Å². The van der Waals surface area contributed by atoms with E-state index in [0.29, 0.717) is 12.0 Å². The van der Waals surface area contributed by atoms with Crippen LogP contribution in [0.2, 0.25) is 0 Å². The first-order valence-electron chi connectivity index (χ1n) is 7.10. The van der Waals surface area contributed by atoms with Crippen molar-refractivity contribution in [2.24, 2.45) is 11.7 Å². The van der Waals surface area contributed by atoms with E-state index >= 15 is 0 Å². The molecule has 18 heavy (non-hydrogen) atoms. The average molecular weight is 267 g/mol. The highest BCUT2D eigenvalue weighted by Gasteiger charge is 2.22. The molecule has 0 aromatic carbocycles. The third-order valence-corrected chi connectivity index (χ3v) is 4.72. The van der Waals surface area contributed by atoms with Gasteiger partial charge in [-0.1, -0.05) is 13.3 Å². The molecule has 1 aromatic rings. The van der Waals surface area contributed by atoms with Gasteiger partial charge in [-0.3, -0.25) is 4.90 Å². The predicted molar refractivity (Wildman–Crippen MR) is 77.8 cm³/mol. The van der Waals surface area contributed by atoms with E-state index in [0.717, 1.165) is 13.0 Å². The van der Waals surface area contributed by atoms with Crippen LogP contribution in [0, 0.1) is 5.92 Å². The van der Waals surface area contributed by atoms with E-state index < -0.39 is 0 Å². The van der Waals surface area contributed by atoms with E-state index in [1.165, 1.54) is 43.1 Å². The molecule has 0 radical (unpaired) electrons. The molecule has 1 aromatic heterocycles. The van der Waals surface area contributed by atoms with Crippen molar-refractivity contribution in [3.8, 4) is 0 Å². The quantitative estimate of drug-likeness (QED) is 0.892. The van der Waals surface area contributed by atoms with Gasteiger partial charge in [-0.15, -0.1) is 11.3 Å². The molecule has 0 amide bonds. The lowest BCUT2D eigenvalue weighted by atomic mass is 9.91. The molecule has 2 rings (SSSR count). The van der Waals surface area contributed by atoms with Crippen LogP contribution in [-0.4, -0.2) is 29.0 Å². The van der Waals surface area contributed by atoms with Crippen LogP contribution in [0.25, 0.3) is 0 Å². The number of rotatable bonds is 5. The fourth-order valence-corrected chi connectivity index (χ4v) is 3.49. The first-order chi connectivity index (χ1) is 8.69. The molecule has 0 aliphatic carbocycles. The van der Waals surface area contributed by atoms with Crippen molar-refractivity contribution in [3.05, 3.63) is 16.1 Å². The van der Waals surface area contributed by atoms with E-state index in [4.69, 9.17) is 10.7 Å². The normalized spacial score (nSPS) is 20.2. The van der Waals surface area contributed by atoms with E-state index in [1.807, 2.05) is 11.3 Å².